The number of ether oxygens (including phenoxy) is 1. The van der Waals surface area contributed by atoms with Crippen LogP contribution in [0.3, 0.4) is 0 Å². The van der Waals surface area contributed by atoms with Crippen LogP contribution in [0.25, 0.3) is 0 Å². The summed E-state index contributed by atoms with van der Waals surface area (Å²) in [6.45, 7) is 14.8. The third kappa shape index (κ3) is 6.84. The van der Waals surface area contributed by atoms with Crippen LogP contribution in [-0.2, 0) is 4.74 Å². The van der Waals surface area contributed by atoms with Gasteiger partial charge in [-0.05, 0) is 61.3 Å². The molecular formula is C15H28O. The summed E-state index contributed by atoms with van der Waals surface area (Å²) in [6.07, 6.45) is 7.16. The molecule has 1 aliphatic rings. The van der Waals surface area contributed by atoms with E-state index in [1.165, 1.54) is 17.6 Å². The van der Waals surface area contributed by atoms with E-state index in [1.54, 1.807) is 0 Å². The third-order valence-electron chi connectivity index (χ3n) is 3.02. The summed E-state index contributed by atoms with van der Waals surface area (Å²) in [5, 5.41) is 0. The van der Waals surface area contributed by atoms with Gasteiger partial charge in [-0.1, -0.05) is 23.3 Å². The topological polar surface area (TPSA) is 12.5 Å². The summed E-state index contributed by atoms with van der Waals surface area (Å²) in [7, 11) is 0. The molecule has 0 aromatic rings. The van der Waals surface area contributed by atoms with E-state index in [0.717, 1.165) is 6.42 Å². The zero-order valence-corrected chi connectivity index (χ0v) is 12.1. The van der Waals surface area contributed by atoms with E-state index < -0.39 is 0 Å². The maximum absolute atomic E-state index is 5.46. The molecule has 2 unspecified atom stereocenters. The number of epoxide rings is 1. The first-order valence-electron chi connectivity index (χ1n) is 6.22. The summed E-state index contributed by atoms with van der Waals surface area (Å²) < 4.78 is 5.46. The number of hydrogen-bond donors (Lipinski definition) is 0. The minimum absolute atomic E-state index is 0.200. The molecule has 0 bridgehead atoms. The van der Waals surface area contributed by atoms with Gasteiger partial charge in [0.2, 0.25) is 0 Å². The molecule has 16 heavy (non-hydrogen) atoms. The van der Waals surface area contributed by atoms with Crippen LogP contribution in [-0.4, -0.2) is 11.7 Å². The van der Waals surface area contributed by atoms with Crippen molar-refractivity contribution in [2.24, 2.45) is 0 Å². The number of rotatable bonds is 3. The predicted molar refractivity (Wildman–Crippen MR) is 72.7 cm³/mol. The highest BCUT2D eigenvalue weighted by atomic mass is 16.6. The molecule has 2 atom stereocenters. The first kappa shape index (κ1) is 15.4. The first-order valence-corrected chi connectivity index (χ1v) is 6.22. The average Bonchev–Trinajstić information content (AvgIpc) is 2.74. The molecule has 1 saturated heterocycles. The Kier molecular flexibility index (Phi) is 6.66. The highest BCUT2D eigenvalue weighted by Gasteiger charge is 2.47. The van der Waals surface area contributed by atoms with E-state index in [1.807, 2.05) is 6.92 Å². The van der Waals surface area contributed by atoms with Crippen LogP contribution < -0.4 is 0 Å². The van der Waals surface area contributed by atoms with E-state index in [-0.39, 0.29) is 5.60 Å². The van der Waals surface area contributed by atoms with Crippen LogP contribution in [0.15, 0.2) is 23.3 Å². The van der Waals surface area contributed by atoms with E-state index in [0.29, 0.717) is 6.10 Å². The van der Waals surface area contributed by atoms with Crippen molar-refractivity contribution in [1.82, 2.24) is 0 Å². The van der Waals surface area contributed by atoms with Crippen molar-refractivity contribution in [3.8, 4) is 0 Å². The van der Waals surface area contributed by atoms with Gasteiger partial charge in [0.15, 0.2) is 0 Å². The quantitative estimate of drug-likeness (QED) is 0.491. The Morgan fingerprint density at radius 3 is 1.88 bits per heavy atom. The molecular weight excluding hydrogens is 196 g/mol. The van der Waals surface area contributed by atoms with E-state index >= 15 is 0 Å². The lowest BCUT2D eigenvalue weighted by Gasteiger charge is -2.01. The summed E-state index contributed by atoms with van der Waals surface area (Å²) >= 11 is 0. The fourth-order valence-corrected chi connectivity index (χ4v) is 1.28. The molecule has 94 valence electrons. The molecule has 0 spiro atoms. The van der Waals surface area contributed by atoms with Gasteiger partial charge < -0.3 is 4.74 Å². The van der Waals surface area contributed by atoms with Crippen LogP contribution in [0, 0.1) is 0 Å². The fourth-order valence-electron chi connectivity index (χ4n) is 1.28. The van der Waals surface area contributed by atoms with Crippen molar-refractivity contribution in [1.29, 1.82) is 0 Å². The zero-order valence-electron chi connectivity index (χ0n) is 12.1. The van der Waals surface area contributed by atoms with Crippen molar-refractivity contribution < 1.29 is 4.74 Å². The Balaban J connectivity index is 0.000000385. The molecule has 1 fully saturated rings. The smallest absolute Gasteiger partial charge is 0.0920 e. The Labute approximate surface area is 102 Å². The van der Waals surface area contributed by atoms with Gasteiger partial charge in [0, 0.05) is 0 Å². The van der Waals surface area contributed by atoms with Gasteiger partial charge in [-0.25, -0.2) is 0 Å². The molecule has 1 rings (SSSR count). The van der Waals surface area contributed by atoms with Crippen LogP contribution in [0.4, 0.5) is 0 Å². The van der Waals surface area contributed by atoms with Gasteiger partial charge in [-0.3, -0.25) is 0 Å². The summed E-state index contributed by atoms with van der Waals surface area (Å²) in [6, 6.07) is 0. The standard InChI is InChI=1S/C10H18O.C5H10/c1-8(2)6-5-7-10(4)9(3)11-10;1-4-5(2)3/h6,9H,5,7H2,1-4H3;4H,1-3H3. The summed E-state index contributed by atoms with van der Waals surface area (Å²) in [4.78, 5) is 0. The Morgan fingerprint density at radius 1 is 1.19 bits per heavy atom. The average molecular weight is 224 g/mol. The van der Waals surface area contributed by atoms with E-state index in [9.17, 15) is 0 Å². The molecule has 1 heteroatoms. The van der Waals surface area contributed by atoms with Crippen molar-refractivity contribution in [3.05, 3.63) is 23.3 Å². The highest BCUT2D eigenvalue weighted by Crippen LogP contribution is 2.39. The van der Waals surface area contributed by atoms with Crippen LogP contribution in [0.5, 0.6) is 0 Å². The molecule has 0 radical (unpaired) electrons. The Morgan fingerprint density at radius 2 is 1.62 bits per heavy atom. The van der Waals surface area contributed by atoms with Gasteiger partial charge in [0.25, 0.3) is 0 Å². The van der Waals surface area contributed by atoms with Gasteiger partial charge in [-0.2, -0.15) is 0 Å². The normalized spacial score (nSPS) is 26.3. The molecule has 1 heterocycles. The van der Waals surface area contributed by atoms with E-state index in [4.69, 9.17) is 4.74 Å². The van der Waals surface area contributed by atoms with Gasteiger partial charge in [0.05, 0.1) is 11.7 Å². The van der Waals surface area contributed by atoms with Crippen LogP contribution in [0.2, 0.25) is 0 Å². The van der Waals surface area contributed by atoms with E-state index in [2.05, 4.69) is 53.7 Å². The molecule has 0 aromatic heterocycles. The maximum Gasteiger partial charge on any atom is 0.0920 e. The van der Waals surface area contributed by atoms with Crippen molar-refractivity contribution in [3.63, 3.8) is 0 Å². The number of hydrogen-bond acceptors (Lipinski definition) is 1. The molecule has 0 N–H and O–H groups in total. The molecule has 0 aromatic carbocycles. The van der Waals surface area contributed by atoms with Gasteiger partial charge in [-0.15, -0.1) is 0 Å². The third-order valence-corrected chi connectivity index (χ3v) is 3.02. The maximum atomic E-state index is 5.46. The molecule has 1 aliphatic heterocycles. The number of allylic oxidation sites excluding steroid dienone is 4. The van der Waals surface area contributed by atoms with Crippen molar-refractivity contribution >= 4 is 0 Å². The van der Waals surface area contributed by atoms with Crippen LogP contribution >= 0.6 is 0 Å². The zero-order chi connectivity index (χ0) is 12.8. The lowest BCUT2D eigenvalue weighted by atomic mass is 10.0. The van der Waals surface area contributed by atoms with Crippen molar-refractivity contribution in [2.45, 2.75) is 73.0 Å². The second kappa shape index (κ2) is 6.90. The largest absolute Gasteiger partial charge is 0.367 e. The summed E-state index contributed by atoms with van der Waals surface area (Å²) in [5.41, 5.74) is 2.98. The minimum atomic E-state index is 0.200. The lowest BCUT2D eigenvalue weighted by molar-refractivity contribution is 0.300. The SMILES string of the molecule is CC(C)=CCCC1(C)OC1C.CC=C(C)C. The Bertz CT molecular complexity index is 255. The highest BCUT2D eigenvalue weighted by molar-refractivity contribution is 5.00. The van der Waals surface area contributed by atoms with Crippen LogP contribution in [0.1, 0.15) is 61.3 Å². The first-order chi connectivity index (χ1) is 7.31. The fraction of sp³-hybridized carbons (Fsp3) is 0.733. The molecule has 0 saturated carbocycles. The summed E-state index contributed by atoms with van der Waals surface area (Å²) in [5.74, 6) is 0. The Hall–Kier alpha value is -0.560. The molecule has 0 aliphatic carbocycles. The predicted octanol–water partition coefficient (Wildman–Crippen LogP) is 4.88. The molecule has 1 nitrogen and oxygen atoms in total. The lowest BCUT2D eigenvalue weighted by Crippen LogP contribution is -2.06. The monoisotopic (exact) mass is 224 g/mol. The second-order valence-electron chi connectivity index (χ2n) is 5.26. The van der Waals surface area contributed by atoms with Gasteiger partial charge >= 0.3 is 0 Å². The second-order valence-corrected chi connectivity index (χ2v) is 5.26. The minimum Gasteiger partial charge on any atom is -0.367 e. The van der Waals surface area contributed by atoms with Gasteiger partial charge in [0.1, 0.15) is 0 Å². The van der Waals surface area contributed by atoms with Crippen molar-refractivity contribution in [2.75, 3.05) is 0 Å². The molecule has 0 amide bonds.